The lowest BCUT2D eigenvalue weighted by atomic mass is 9.95. The number of anilines is 1. The molecule has 19 heavy (non-hydrogen) atoms. The Morgan fingerprint density at radius 1 is 1.47 bits per heavy atom. The van der Waals surface area contributed by atoms with Gasteiger partial charge >= 0.3 is 0 Å². The van der Waals surface area contributed by atoms with Crippen molar-refractivity contribution in [3.05, 3.63) is 33.9 Å². The molecule has 2 N–H and O–H groups in total. The normalized spacial score (nSPS) is 23.4. The minimum absolute atomic E-state index is 0.186. The number of nitro benzene ring substituents is 1. The van der Waals surface area contributed by atoms with Crippen LogP contribution in [0, 0.1) is 17.0 Å². The first-order chi connectivity index (χ1) is 9.04. The van der Waals surface area contributed by atoms with Crippen LogP contribution in [0.2, 0.25) is 0 Å². The summed E-state index contributed by atoms with van der Waals surface area (Å²) < 4.78 is 0. The maximum absolute atomic E-state index is 11.1. The van der Waals surface area contributed by atoms with Gasteiger partial charge in [-0.2, -0.15) is 0 Å². The summed E-state index contributed by atoms with van der Waals surface area (Å²) in [4.78, 5) is 13.0. The second-order valence-corrected chi connectivity index (χ2v) is 5.30. The highest BCUT2D eigenvalue weighted by Crippen LogP contribution is 2.32. The fourth-order valence-corrected chi connectivity index (χ4v) is 2.94. The van der Waals surface area contributed by atoms with E-state index in [-0.39, 0.29) is 16.7 Å². The number of nitrogens with zero attached hydrogens (tertiary/aromatic N) is 2. The van der Waals surface area contributed by atoms with Crippen LogP contribution in [0.1, 0.15) is 31.7 Å². The molecule has 104 valence electrons. The summed E-state index contributed by atoms with van der Waals surface area (Å²) in [6, 6.07) is 6.13. The maximum Gasteiger partial charge on any atom is 0.274 e. The van der Waals surface area contributed by atoms with Crippen molar-refractivity contribution < 1.29 is 4.92 Å². The Bertz CT molecular complexity index is 476. The quantitative estimate of drug-likeness (QED) is 0.672. The van der Waals surface area contributed by atoms with E-state index in [0.717, 1.165) is 18.5 Å². The number of hydrogen-bond donors (Lipinski definition) is 1. The third-order valence-electron chi connectivity index (χ3n) is 3.99. The van der Waals surface area contributed by atoms with Gasteiger partial charge in [0.2, 0.25) is 0 Å². The maximum atomic E-state index is 11.1. The smallest absolute Gasteiger partial charge is 0.274 e. The molecule has 2 atom stereocenters. The van der Waals surface area contributed by atoms with E-state index in [4.69, 9.17) is 5.73 Å². The standard InChI is InChI=1S/C14H21N3O2/c1-10-6-7-12(8-14(10)17(18)19)16-11(2)4-3-5-13(16)9-15/h6-8,11,13H,3-5,9,15H2,1-2H3. The highest BCUT2D eigenvalue weighted by atomic mass is 16.6. The van der Waals surface area contributed by atoms with Crippen LogP contribution in [-0.4, -0.2) is 23.6 Å². The average molecular weight is 263 g/mol. The lowest BCUT2D eigenvalue weighted by Crippen LogP contribution is -2.49. The molecule has 0 spiro atoms. The predicted octanol–water partition coefficient (Wildman–Crippen LogP) is 2.61. The van der Waals surface area contributed by atoms with Crippen molar-refractivity contribution >= 4 is 11.4 Å². The zero-order chi connectivity index (χ0) is 14.0. The topological polar surface area (TPSA) is 72.4 Å². The largest absolute Gasteiger partial charge is 0.364 e. The highest BCUT2D eigenvalue weighted by molar-refractivity contribution is 5.58. The highest BCUT2D eigenvalue weighted by Gasteiger charge is 2.28. The van der Waals surface area contributed by atoms with Gasteiger partial charge in [-0.3, -0.25) is 10.1 Å². The van der Waals surface area contributed by atoms with Crippen molar-refractivity contribution in [1.29, 1.82) is 0 Å². The Morgan fingerprint density at radius 3 is 2.84 bits per heavy atom. The SMILES string of the molecule is Cc1ccc(N2C(C)CCCC2CN)cc1[N+](=O)[O-]. The Kier molecular flexibility index (Phi) is 4.04. The number of aryl methyl sites for hydroxylation is 1. The molecule has 0 bridgehead atoms. The molecule has 1 saturated heterocycles. The van der Waals surface area contributed by atoms with Gasteiger partial charge in [-0.15, -0.1) is 0 Å². The third-order valence-corrected chi connectivity index (χ3v) is 3.99. The second kappa shape index (κ2) is 5.57. The van der Waals surface area contributed by atoms with Gasteiger partial charge in [-0.05, 0) is 39.2 Å². The van der Waals surface area contributed by atoms with Gasteiger partial charge in [0, 0.05) is 35.9 Å². The van der Waals surface area contributed by atoms with Crippen LogP contribution in [0.15, 0.2) is 18.2 Å². The molecule has 2 unspecified atom stereocenters. The van der Waals surface area contributed by atoms with Crippen molar-refractivity contribution in [3.8, 4) is 0 Å². The lowest BCUT2D eigenvalue weighted by molar-refractivity contribution is -0.385. The van der Waals surface area contributed by atoms with Gasteiger partial charge in [0.15, 0.2) is 0 Å². The van der Waals surface area contributed by atoms with Crippen molar-refractivity contribution in [2.24, 2.45) is 5.73 Å². The Balaban J connectivity index is 2.38. The number of piperidine rings is 1. The Morgan fingerprint density at radius 2 is 2.21 bits per heavy atom. The molecule has 0 amide bonds. The summed E-state index contributed by atoms with van der Waals surface area (Å²) in [6.45, 7) is 4.52. The van der Waals surface area contributed by atoms with Crippen LogP contribution in [0.5, 0.6) is 0 Å². The van der Waals surface area contributed by atoms with Crippen LogP contribution in [0.25, 0.3) is 0 Å². The van der Waals surface area contributed by atoms with Crippen LogP contribution in [0.3, 0.4) is 0 Å². The van der Waals surface area contributed by atoms with E-state index in [1.165, 1.54) is 6.42 Å². The molecular weight excluding hydrogens is 242 g/mol. The number of nitrogens with two attached hydrogens (primary N) is 1. The molecule has 1 heterocycles. The predicted molar refractivity (Wildman–Crippen MR) is 76.5 cm³/mol. The number of rotatable bonds is 3. The first-order valence-electron chi connectivity index (χ1n) is 6.78. The molecule has 5 heteroatoms. The van der Waals surface area contributed by atoms with E-state index in [2.05, 4.69) is 11.8 Å². The molecule has 2 rings (SSSR count). The zero-order valence-electron chi connectivity index (χ0n) is 11.5. The molecule has 1 fully saturated rings. The molecule has 1 aliphatic rings. The van der Waals surface area contributed by atoms with Crippen LogP contribution >= 0.6 is 0 Å². The van der Waals surface area contributed by atoms with Crippen molar-refractivity contribution in [2.45, 2.75) is 45.2 Å². The molecular formula is C14H21N3O2. The fraction of sp³-hybridized carbons (Fsp3) is 0.571. The summed E-state index contributed by atoms with van der Waals surface area (Å²) >= 11 is 0. The van der Waals surface area contributed by atoms with Crippen LogP contribution in [0.4, 0.5) is 11.4 Å². The van der Waals surface area contributed by atoms with Gasteiger partial charge in [-0.25, -0.2) is 0 Å². The van der Waals surface area contributed by atoms with Gasteiger partial charge in [0.05, 0.1) is 4.92 Å². The van der Waals surface area contributed by atoms with Gasteiger partial charge in [0.1, 0.15) is 0 Å². The van der Waals surface area contributed by atoms with E-state index in [9.17, 15) is 10.1 Å². The van der Waals surface area contributed by atoms with Gasteiger partial charge < -0.3 is 10.6 Å². The van der Waals surface area contributed by atoms with Crippen molar-refractivity contribution in [1.82, 2.24) is 0 Å². The van der Waals surface area contributed by atoms with Gasteiger partial charge in [-0.1, -0.05) is 6.07 Å². The van der Waals surface area contributed by atoms with Gasteiger partial charge in [0.25, 0.3) is 5.69 Å². The Labute approximate surface area is 113 Å². The zero-order valence-corrected chi connectivity index (χ0v) is 11.5. The summed E-state index contributed by atoms with van der Waals surface area (Å²) in [6.07, 6.45) is 3.34. The Hall–Kier alpha value is -1.62. The fourth-order valence-electron chi connectivity index (χ4n) is 2.94. The molecule has 0 aromatic heterocycles. The molecule has 0 radical (unpaired) electrons. The monoisotopic (exact) mass is 263 g/mol. The molecule has 0 aliphatic carbocycles. The van der Waals surface area contributed by atoms with E-state index in [0.29, 0.717) is 18.2 Å². The number of nitro groups is 1. The second-order valence-electron chi connectivity index (χ2n) is 5.30. The molecule has 1 aromatic rings. The summed E-state index contributed by atoms with van der Waals surface area (Å²) in [5.41, 5.74) is 7.65. The first kappa shape index (κ1) is 13.8. The summed E-state index contributed by atoms with van der Waals surface area (Å²) in [5, 5.41) is 11.1. The third kappa shape index (κ3) is 2.71. The van der Waals surface area contributed by atoms with Crippen LogP contribution < -0.4 is 10.6 Å². The van der Waals surface area contributed by atoms with E-state index in [1.54, 1.807) is 13.0 Å². The number of hydrogen-bond acceptors (Lipinski definition) is 4. The minimum Gasteiger partial charge on any atom is -0.364 e. The number of benzene rings is 1. The van der Waals surface area contributed by atoms with E-state index >= 15 is 0 Å². The minimum atomic E-state index is -0.315. The van der Waals surface area contributed by atoms with Crippen molar-refractivity contribution in [2.75, 3.05) is 11.4 Å². The molecule has 1 aliphatic heterocycles. The average Bonchev–Trinajstić information content (AvgIpc) is 2.39. The molecule has 0 saturated carbocycles. The van der Waals surface area contributed by atoms with Crippen molar-refractivity contribution in [3.63, 3.8) is 0 Å². The van der Waals surface area contributed by atoms with Crippen LogP contribution in [-0.2, 0) is 0 Å². The van der Waals surface area contributed by atoms with E-state index in [1.807, 2.05) is 12.1 Å². The molecule has 5 nitrogen and oxygen atoms in total. The first-order valence-corrected chi connectivity index (χ1v) is 6.78. The summed E-state index contributed by atoms with van der Waals surface area (Å²) in [5.74, 6) is 0. The summed E-state index contributed by atoms with van der Waals surface area (Å²) in [7, 11) is 0. The van der Waals surface area contributed by atoms with E-state index < -0.39 is 0 Å². The lowest BCUT2D eigenvalue weighted by Gasteiger charge is -2.42. The molecule has 1 aromatic carbocycles.